The molecule has 0 bridgehead atoms. The Morgan fingerprint density at radius 3 is 2.50 bits per heavy atom. The van der Waals surface area contributed by atoms with E-state index >= 15 is 0 Å². The Morgan fingerprint density at radius 1 is 1.31 bits per heavy atom. The van der Waals surface area contributed by atoms with Crippen molar-refractivity contribution >= 4 is 29.5 Å². The van der Waals surface area contributed by atoms with Crippen LogP contribution in [0.4, 0.5) is 0 Å². The molecule has 2 N–H and O–H groups in total. The summed E-state index contributed by atoms with van der Waals surface area (Å²) in [5, 5.41) is 19.7. The number of nitrogens with zero attached hydrogens (tertiary/aromatic N) is 2. The smallest absolute Gasteiger partial charge is 0.353 e. The van der Waals surface area contributed by atoms with E-state index in [2.05, 4.69) is 0 Å². The Labute approximate surface area is 157 Å². The van der Waals surface area contributed by atoms with Gasteiger partial charge in [0.05, 0.1) is 18.1 Å². The summed E-state index contributed by atoms with van der Waals surface area (Å²) in [6, 6.07) is -0.281. The average Bonchev–Trinajstić information content (AvgIpc) is 3.09. The number of thioether (sulfide) groups is 1. The van der Waals surface area contributed by atoms with Gasteiger partial charge < -0.3 is 20.0 Å². The zero-order chi connectivity index (χ0) is 19.3. The quantitative estimate of drug-likeness (QED) is 0.692. The van der Waals surface area contributed by atoms with Crippen molar-refractivity contribution in [2.75, 3.05) is 14.1 Å². The summed E-state index contributed by atoms with van der Waals surface area (Å²) in [6.45, 7) is 3.50. The Kier molecular flexibility index (Phi) is 5.09. The standard InChI is InChI=1S/C18H26N2O5S/c1-8-13-12(9(2)21)17(23)20(13)14(18(24)25)15(8)26-11-6-5-10(7-11)16(22)19(3)4/h8-13,21H,5-7H2,1-4H3,(H,24,25)/t8-,9-,10+,11?,12-,13-/m1/s1. The van der Waals surface area contributed by atoms with E-state index in [-0.39, 0.29) is 40.6 Å². The zero-order valence-electron chi connectivity index (χ0n) is 15.5. The van der Waals surface area contributed by atoms with Crippen LogP contribution >= 0.6 is 11.8 Å². The number of fused-ring (bicyclic) bond motifs is 1. The molecule has 26 heavy (non-hydrogen) atoms. The van der Waals surface area contributed by atoms with E-state index in [1.54, 1.807) is 25.9 Å². The molecule has 8 heteroatoms. The number of hydrogen-bond acceptors (Lipinski definition) is 5. The van der Waals surface area contributed by atoms with Crippen molar-refractivity contribution in [2.24, 2.45) is 17.8 Å². The third kappa shape index (κ3) is 2.93. The summed E-state index contributed by atoms with van der Waals surface area (Å²) in [5.41, 5.74) is 0.0665. The Hall–Kier alpha value is -1.54. The summed E-state index contributed by atoms with van der Waals surface area (Å²) in [6.07, 6.45) is 1.60. The Balaban J connectivity index is 1.78. The van der Waals surface area contributed by atoms with Crippen molar-refractivity contribution in [1.29, 1.82) is 0 Å². The van der Waals surface area contributed by atoms with Gasteiger partial charge in [0.2, 0.25) is 11.8 Å². The van der Waals surface area contributed by atoms with Crippen LogP contribution in [0.3, 0.4) is 0 Å². The van der Waals surface area contributed by atoms with Crippen molar-refractivity contribution in [2.45, 2.75) is 50.5 Å². The summed E-state index contributed by atoms with van der Waals surface area (Å²) in [4.78, 5) is 40.0. The minimum absolute atomic E-state index is 0.0167. The normalized spacial score (nSPS) is 34.6. The van der Waals surface area contributed by atoms with Gasteiger partial charge in [-0.05, 0) is 26.2 Å². The third-order valence-corrected chi connectivity index (χ3v) is 7.36. The topological polar surface area (TPSA) is 98.1 Å². The summed E-state index contributed by atoms with van der Waals surface area (Å²) in [5.74, 6) is -1.96. The molecule has 144 valence electrons. The molecule has 0 radical (unpaired) electrons. The average molecular weight is 382 g/mol. The molecule has 1 aliphatic carbocycles. The predicted molar refractivity (Wildman–Crippen MR) is 97.0 cm³/mol. The highest BCUT2D eigenvalue weighted by atomic mass is 32.2. The van der Waals surface area contributed by atoms with Gasteiger partial charge in [-0.25, -0.2) is 4.79 Å². The van der Waals surface area contributed by atoms with Gasteiger partial charge in [-0.1, -0.05) is 6.92 Å². The molecule has 1 saturated carbocycles. The molecule has 1 saturated heterocycles. The largest absolute Gasteiger partial charge is 0.477 e. The van der Waals surface area contributed by atoms with Crippen molar-refractivity contribution in [3.8, 4) is 0 Å². The van der Waals surface area contributed by atoms with E-state index in [0.717, 1.165) is 19.3 Å². The monoisotopic (exact) mass is 382 g/mol. The van der Waals surface area contributed by atoms with Crippen molar-refractivity contribution in [3.05, 3.63) is 10.6 Å². The van der Waals surface area contributed by atoms with Gasteiger partial charge in [0.15, 0.2) is 0 Å². The van der Waals surface area contributed by atoms with Crippen LogP contribution in [0.2, 0.25) is 0 Å². The van der Waals surface area contributed by atoms with Crippen LogP contribution in [0.5, 0.6) is 0 Å². The van der Waals surface area contributed by atoms with Gasteiger partial charge in [-0.3, -0.25) is 9.59 Å². The fourth-order valence-electron chi connectivity index (χ4n) is 4.49. The molecule has 7 nitrogen and oxygen atoms in total. The SMILES string of the molecule is C[C@@H](O)[C@H]1C(=O)N2C(C(=O)O)=C(SC3CC[C@H](C(=O)N(C)C)C3)[C@H](C)[C@H]12. The van der Waals surface area contributed by atoms with E-state index in [1.165, 1.54) is 16.7 Å². The van der Waals surface area contributed by atoms with E-state index in [4.69, 9.17) is 0 Å². The van der Waals surface area contributed by atoms with Gasteiger partial charge in [-0.15, -0.1) is 11.8 Å². The first-order valence-corrected chi connectivity index (χ1v) is 9.89. The highest BCUT2D eigenvalue weighted by Gasteiger charge is 2.60. The van der Waals surface area contributed by atoms with Crippen LogP contribution in [0.15, 0.2) is 10.6 Å². The van der Waals surface area contributed by atoms with Crippen molar-refractivity contribution in [3.63, 3.8) is 0 Å². The van der Waals surface area contributed by atoms with E-state index in [1.807, 2.05) is 6.92 Å². The second-order valence-corrected chi connectivity index (χ2v) is 9.10. The summed E-state index contributed by atoms with van der Waals surface area (Å²) >= 11 is 1.51. The number of aliphatic hydroxyl groups excluding tert-OH is 1. The van der Waals surface area contributed by atoms with Crippen molar-refractivity contribution in [1.82, 2.24) is 9.80 Å². The van der Waals surface area contributed by atoms with Crippen LogP contribution in [-0.2, 0) is 14.4 Å². The number of rotatable bonds is 5. The third-order valence-electron chi connectivity index (χ3n) is 5.78. The fourth-order valence-corrected chi connectivity index (χ4v) is 6.09. The maximum Gasteiger partial charge on any atom is 0.353 e. The molecule has 0 spiro atoms. The van der Waals surface area contributed by atoms with Crippen molar-refractivity contribution < 1.29 is 24.6 Å². The molecule has 0 aromatic heterocycles. The molecule has 1 unspecified atom stereocenters. The Morgan fingerprint density at radius 2 is 1.96 bits per heavy atom. The molecule has 2 heterocycles. The molecular weight excluding hydrogens is 356 g/mol. The maximum atomic E-state index is 12.4. The van der Waals surface area contributed by atoms with Crippen LogP contribution in [-0.4, -0.2) is 69.3 Å². The number of carbonyl (C=O) groups is 3. The zero-order valence-corrected chi connectivity index (χ0v) is 16.3. The number of aliphatic hydroxyl groups is 1. The molecule has 0 aromatic carbocycles. The lowest BCUT2D eigenvalue weighted by molar-refractivity contribution is -0.163. The number of β-lactam (4-membered cyclic amide) rings is 1. The van der Waals surface area contributed by atoms with Crippen LogP contribution in [0, 0.1) is 17.8 Å². The number of amides is 2. The molecule has 0 aromatic rings. The maximum absolute atomic E-state index is 12.4. The molecule has 3 rings (SSSR count). The first-order valence-electron chi connectivity index (χ1n) is 9.01. The Bertz CT molecular complexity index is 674. The molecular formula is C18H26N2O5S. The molecule has 2 amide bonds. The lowest BCUT2D eigenvalue weighted by atomic mass is 9.79. The van der Waals surface area contributed by atoms with Gasteiger partial charge in [-0.2, -0.15) is 0 Å². The number of carboxylic acids is 1. The first-order chi connectivity index (χ1) is 12.1. The highest BCUT2D eigenvalue weighted by Crippen LogP contribution is 2.53. The molecule has 6 atom stereocenters. The fraction of sp³-hybridized carbons (Fsp3) is 0.722. The van der Waals surface area contributed by atoms with Crippen LogP contribution < -0.4 is 0 Å². The van der Waals surface area contributed by atoms with E-state index in [9.17, 15) is 24.6 Å². The number of hydrogen-bond donors (Lipinski definition) is 2. The minimum Gasteiger partial charge on any atom is -0.477 e. The van der Waals surface area contributed by atoms with Gasteiger partial charge in [0, 0.05) is 36.1 Å². The number of carbonyl (C=O) groups excluding carboxylic acids is 2. The summed E-state index contributed by atoms with van der Waals surface area (Å²) in [7, 11) is 3.50. The van der Waals surface area contributed by atoms with Gasteiger partial charge in [0.25, 0.3) is 0 Å². The molecule has 3 aliphatic rings. The minimum atomic E-state index is -1.10. The molecule has 2 fully saturated rings. The second-order valence-electron chi connectivity index (χ2n) is 7.75. The van der Waals surface area contributed by atoms with E-state index < -0.39 is 18.0 Å². The predicted octanol–water partition coefficient (Wildman–Crippen LogP) is 1.13. The van der Waals surface area contributed by atoms with Crippen LogP contribution in [0.1, 0.15) is 33.1 Å². The molecule has 2 aliphatic heterocycles. The van der Waals surface area contributed by atoms with Gasteiger partial charge in [0.1, 0.15) is 5.70 Å². The van der Waals surface area contributed by atoms with Gasteiger partial charge >= 0.3 is 5.97 Å². The summed E-state index contributed by atoms with van der Waals surface area (Å²) < 4.78 is 0. The van der Waals surface area contributed by atoms with E-state index in [0.29, 0.717) is 4.91 Å². The van der Waals surface area contributed by atoms with Crippen LogP contribution in [0.25, 0.3) is 0 Å². The lowest BCUT2D eigenvalue weighted by Gasteiger charge is -2.46. The number of carboxylic acid groups (broad SMARTS) is 1. The number of aliphatic carboxylic acids is 1. The highest BCUT2D eigenvalue weighted by molar-refractivity contribution is 8.03. The lowest BCUT2D eigenvalue weighted by Crippen LogP contribution is -2.63. The second kappa shape index (κ2) is 6.88. The first kappa shape index (κ1) is 19.2.